The molecule has 0 aliphatic rings. The van der Waals surface area contributed by atoms with Crippen LogP contribution in [0, 0.1) is 5.92 Å². The third kappa shape index (κ3) is 7.28. The van der Waals surface area contributed by atoms with Crippen molar-refractivity contribution in [2.45, 2.75) is 26.7 Å². The van der Waals surface area contributed by atoms with Gasteiger partial charge in [0.15, 0.2) is 5.12 Å². The van der Waals surface area contributed by atoms with Crippen molar-refractivity contribution in [1.82, 2.24) is 0 Å². The number of carboxylic acids is 1. The van der Waals surface area contributed by atoms with Crippen molar-refractivity contribution in [1.29, 1.82) is 0 Å². The molecule has 0 rings (SSSR count). The number of ether oxygens (including phenoxy) is 1. The van der Waals surface area contributed by atoms with Gasteiger partial charge in [-0.05, 0) is 13.3 Å². The maximum atomic E-state index is 11.0. The van der Waals surface area contributed by atoms with Crippen LogP contribution in [-0.4, -0.2) is 34.5 Å². The summed E-state index contributed by atoms with van der Waals surface area (Å²) < 4.78 is 4.69. The molecule has 0 amide bonds. The SMILES string of the molecule is CCOC(=O)CCC(CSC(C)=O)C(=O)O. The van der Waals surface area contributed by atoms with E-state index in [4.69, 9.17) is 9.84 Å². The number of carbonyl (C=O) groups is 3. The summed E-state index contributed by atoms with van der Waals surface area (Å²) in [7, 11) is 0. The number of carboxylic acid groups (broad SMARTS) is 1. The Labute approximate surface area is 98.5 Å². The zero-order valence-electron chi connectivity index (χ0n) is 9.39. The van der Waals surface area contributed by atoms with Crippen molar-refractivity contribution in [3.05, 3.63) is 0 Å². The summed E-state index contributed by atoms with van der Waals surface area (Å²) in [6, 6.07) is 0. The molecular weight excluding hydrogens is 232 g/mol. The second kappa shape index (κ2) is 8.15. The monoisotopic (exact) mass is 248 g/mol. The van der Waals surface area contributed by atoms with E-state index in [9.17, 15) is 14.4 Å². The van der Waals surface area contributed by atoms with Crippen LogP contribution in [0.25, 0.3) is 0 Å². The quantitative estimate of drug-likeness (QED) is 0.684. The van der Waals surface area contributed by atoms with Gasteiger partial charge in [-0.25, -0.2) is 0 Å². The molecule has 92 valence electrons. The lowest BCUT2D eigenvalue weighted by Crippen LogP contribution is -2.19. The van der Waals surface area contributed by atoms with E-state index in [0.29, 0.717) is 6.61 Å². The molecule has 0 aromatic rings. The van der Waals surface area contributed by atoms with Gasteiger partial charge in [-0.1, -0.05) is 11.8 Å². The Morgan fingerprint density at radius 1 is 1.38 bits per heavy atom. The van der Waals surface area contributed by atoms with Crippen LogP contribution in [0.3, 0.4) is 0 Å². The Hall–Kier alpha value is -1.04. The summed E-state index contributed by atoms with van der Waals surface area (Å²) >= 11 is 0.961. The fourth-order valence-electron chi connectivity index (χ4n) is 1.02. The van der Waals surface area contributed by atoms with Gasteiger partial charge < -0.3 is 9.84 Å². The first kappa shape index (κ1) is 15.0. The van der Waals surface area contributed by atoms with Gasteiger partial charge in [0.05, 0.1) is 12.5 Å². The summed E-state index contributed by atoms with van der Waals surface area (Å²) in [6.45, 7) is 3.37. The van der Waals surface area contributed by atoms with Crippen molar-refractivity contribution in [3.8, 4) is 0 Å². The topological polar surface area (TPSA) is 80.7 Å². The van der Waals surface area contributed by atoms with Crippen molar-refractivity contribution >= 4 is 28.8 Å². The van der Waals surface area contributed by atoms with Gasteiger partial charge in [0.2, 0.25) is 0 Å². The summed E-state index contributed by atoms with van der Waals surface area (Å²) in [5.41, 5.74) is 0. The zero-order valence-corrected chi connectivity index (χ0v) is 10.2. The lowest BCUT2D eigenvalue weighted by Gasteiger charge is -2.10. The van der Waals surface area contributed by atoms with Crippen LogP contribution in [0.15, 0.2) is 0 Å². The Balaban J connectivity index is 3.99. The highest BCUT2D eigenvalue weighted by Gasteiger charge is 2.19. The molecule has 0 aliphatic heterocycles. The van der Waals surface area contributed by atoms with Crippen LogP contribution in [0.1, 0.15) is 26.7 Å². The highest BCUT2D eigenvalue weighted by Crippen LogP contribution is 2.15. The molecule has 0 saturated heterocycles. The van der Waals surface area contributed by atoms with E-state index in [-0.39, 0.29) is 23.7 Å². The first-order valence-corrected chi connectivity index (χ1v) is 5.97. The van der Waals surface area contributed by atoms with Crippen molar-refractivity contribution in [2.75, 3.05) is 12.4 Å². The second-order valence-electron chi connectivity index (χ2n) is 3.18. The third-order valence-corrected chi connectivity index (χ3v) is 2.81. The predicted octanol–water partition coefficient (Wildman–Crippen LogP) is 1.31. The zero-order chi connectivity index (χ0) is 12.6. The van der Waals surface area contributed by atoms with Gasteiger partial charge in [0, 0.05) is 19.1 Å². The van der Waals surface area contributed by atoms with E-state index in [1.165, 1.54) is 6.92 Å². The standard InChI is InChI=1S/C10H16O5S/c1-3-15-9(12)5-4-8(10(13)14)6-16-7(2)11/h8H,3-6H2,1-2H3,(H,13,14). The first-order chi connectivity index (χ1) is 7.47. The molecule has 16 heavy (non-hydrogen) atoms. The molecule has 0 aromatic heterocycles. The minimum atomic E-state index is -0.988. The average molecular weight is 248 g/mol. The van der Waals surface area contributed by atoms with Crippen LogP contribution in [0.2, 0.25) is 0 Å². The minimum absolute atomic E-state index is 0.0727. The summed E-state index contributed by atoms with van der Waals surface area (Å²) in [6.07, 6.45) is 0.276. The van der Waals surface area contributed by atoms with Crippen molar-refractivity contribution < 1.29 is 24.2 Å². The van der Waals surface area contributed by atoms with E-state index in [1.54, 1.807) is 6.92 Å². The molecule has 0 bridgehead atoms. The van der Waals surface area contributed by atoms with Gasteiger partial charge in [-0.2, -0.15) is 0 Å². The largest absolute Gasteiger partial charge is 0.481 e. The molecule has 1 N–H and O–H groups in total. The number of esters is 1. The Bertz CT molecular complexity index is 264. The van der Waals surface area contributed by atoms with E-state index < -0.39 is 17.9 Å². The van der Waals surface area contributed by atoms with E-state index >= 15 is 0 Å². The number of hydrogen-bond acceptors (Lipinski definition) is 5. The molecule has 5 nitrogen and oxygen atoms in total. The Kier molecular flexibility index (Phi) is 7.62. The fraction of sp³-hybridized carbons (Fsp3) is 0.700. The fourth-order valence-corrected chi connectivity index (χ4v) is 1.77. The maximum absolute atomic E-state index is 11.0. The summed E-state index contributed by atoms with van der Waals surface area (Å²) in [4.78, 5) is 32.5. The number of aliphatic carboxylic acids is 1. The molecule has 0 fully saturated rings. The molecule has 0 aliphatic carbocycles. The number of thioether (sulfide) groups is 1. The highest BCUT2D eigenvalue weighted by atomic mass is 32.2. The Morgan fingerprint density at radius 3 is 2.44 bits per heavy atom. The van der Waals surface area contributed by atoms with E-state index in [1.807, 2.05) is 0 Å². The molecule has 0 heterocycles. The summed E-state index contributed by atoms with van der Waals surface area (Å²) in [5.74, 6) is -1.87. The van der Waals surface area contributed by atoms with Crippen LogP contribution >= 0.6 is 11.8 Å². The van der Waals surface area contributed by atoms with Crippen LogP contribution < -0.4 is 0 Å². The second-order valence-corrected chi connectivity index (χ2v) is 4.38. The number of hydrogen-bond donors (Lipinski definition) is 1. The smallest absolute Gasteiger partial charge is 0.307 e. The molecule has 1 unspecified atom stereocenters. The lowest BCUT2D eigenvalue weighted by molar-refractivity contribution is -0.144. The van der Waals surface area contributed by atoms with Gasteiger partial charge in [0.1, 0.15) is 0 Å². The molecule has 0 spiro atoms. The molecule has 6 heteroatoms. The van der Waals surface area contributed by atoms with E-state index in [0.717, 1.165) is 11.8 Å². The Morgan fingerprint density at radius 2 is 2.00 bits per heavy atom. The van der Waals surface area contributed by atoms with Crippen LogP contribution in [0.4, 0.5) is 0 Å². The van der Waals surface area contributed by atoms with E-state index in [2.05, 4.69) is 0 Å². The van der Waals surface area contributed by atoms with Crippen molar-refractivity contribution in [3.63, 3.8) is 0 Å². The number of rotatable bonds is 7. The predicted molar refractivity (Wildman–Crippen MR) is 60.1 cm³/mol. The number of carbonyl (C=O) groups excluding carboxylic acids is 2. The van der Waals surface area contributed by atoms with Crippen LogP contribution in [-0.2, 0) is 19.1 Å². The minimum Gasteiger partial charge on any atom is -0.481 e. The highest BCUT2D eigenvalue weighted by molar-refractivity contribution is 8.13. The average Bonchev–Trinajstić information content (AvgIpc) is 2.17. The first-order valence-electron chi connectivity index (χ1n) is 4.99. The van der Waals surface area contributed by atoms with Gasteiger partial charge in [-0.3, -0.25) is 14.4 Å². The van der Waals surface area contributed by atoms with Gasteiger partial charge >= 0.3 is 11.9 Å². The third-order valence-electron chi connectivity index (χ3n) is 1.84. The normalized spacial score (nSPS) is 11.9. The molecular formula is C10H16O5S. The maximum Gasteiger partial charge on any atom is 0.307 e. The van der Waals surface area contributed by atoms with Gasteiger partial charge in [0.25, 0.3) is 0 Å². The summed E-state index contributed by atoms with van der Waals surface area (Å²) in [5, 5.41) is 8.73. The molecule has 0 radical (unpaired) electrons. The molecule has 0 aromatic carbocycles. The lowest BCUT2D eigenvalue weighted by atomic mass is 10.1. The van der Waals surface area contributed by atoms with Crippen molar-refractivity contribution in [2.24, 2.45) is 5.92 Å². The molecule has 0 saturated carbocycles. The van der Waals surface area contributed by atoms with Crippen LogP contribution in [0.5, 0.6) is 0 Å². The molecule has 1 atom stereocenters. The van der Waals surface area contributed by atoms with Gasteiger partial charge in [-0.15, -0.1) is 0 Å².